The molecule has 2 aromatic rings. The van der Waals surface area contributed by atoms with Crippen LogP contribution in [0.3, 0.4) is 0 Å². The standard InChI is InChI=1S/C9H6NO.Na/c11-6-8-5-7-3-1-2-4-9(7)10-8;/h1-5,10H;/q-1;+1. The average Bonchev–Trinajstić information content (AvgIpc) is 2.46. The van der Waals surface area contributed by atoms with E-state index in [1.54, 1.807) is 6.07 Å². The summed E-state index contributed by atoms with van der Waals surface area (Å²) in [4.78, 5) is 13.1. The summed E-state index contributed by atoms with van der Waals surface area (Å²) in [6.45, 7) is 0. The van der Waals surface area contributed by atoms with Crippen molar-refractivity contribution in [3.05, 3.63) is 36.0 Å². The molecule has 2 rings (SSSR count). The molecule has 0 amide bonds. The third kappa shape index (κ3) is 1.61. The second-order valence-electron chi connectivity index (χ2n) is 2.37. The number of rotatable bonds is 1. The molecule has 2 nitrogen and oxygen atoms in total. The number of aromatic amines is 1. The number of aromatic nitrogens is 1. The van der Waals surface area contributed by atoms with Crippen molar-refractivity contribution < 1.29 is 34.4 Å². The van der Waals surface area contributed by atoms with Crippen molar-refractivity contribution in [3.8, 4) is 0 Å². The molecular formula is C9H6NNaO. The van der Waals surface area contributed by atoms with Gasteiger partial charge in [0, 0.05) is 11.8 Å². The van der Waals surface area contributed by atoms with Gasteiger partial charge in [-0.1, -0.05) is 29.3 Å². The van der Waals surface area contributed by atoms with Gasteiger partial charge in [-0.25, -0.2) is 0 Å². The van der Waals surface area contributed by atoms with E-state index in [0.29, 0.717) is 5.69 Å². The second kappa shape index (κ2) is 3.90. The van der Waals surface area contributed by atoms with Gasteiger partial charge in [-0.05, 0) is 6.07 Å². The normalized spacial score (nSPS) is 9.33. The average molecular weight is 167 g/mol. The van der Waals surface area contributed by atoms with Crippen LogP contribution in [0.2, 0.25) is 0 Å². The zero-order valence-electron chi connectivity index (χ0n) is 6.79. The predicted molar refractivity (Wildman–Crippen MR) is 43.1 cm³/mol. The van der Waals surface area contributed by atoms with E-state index in [9.17, 15) is 4.79 Å². The Balaban J connectivity index is 0.000000720. The van der Waals surface area contributed by atoms with Crippen LogP contribution in [0.25, 0.3) is 10.9 Å². The van der Waals surface area contributed by atoms with Gasteiger partial charge in [0.25, 0.3) is 0 Å². The van der Waals surface area contributed by atoms with Crippen LogP contribution in [-0.4, -0.2) is 11.3 Å². The van der Waals surface area contributed by atoms with E-state index in [1.165, 1.54) is 0 Å². The van der Waals surface area contributed by atoms with Gasteiger partial charge in [0.1, 0.15) is 0 Å². The number of hydrogen-bond acceptors (Lipinski definition) is 1. The number of para-hydroxylation sites is 1. The summed E-state index contributed by atoms with van der Waals surface area (Å²) in [7, 11) is 0. The number of fused-ring (bicyclic) bond motifs is 1. The quantitative estimate of drug-likeness (QED) is 0.412. The van der Waals surface area contributed by atoms with Gasteiger partial charge in [-0.15, -0.1) is 0 Å². The van der Waals surface area contributed by atoms with Crippen molar-refractivity contribution in [2.75, 3.05) is 0 Å². The maximum absolute atomic E-state index is 10.2. The van der Waals surface area contributed by atoms with Crippen molar-refractivity contribution in [1.29, 1.82) is 0 Å². The first-order valence-electron chi connectivity index (χ1n) is 3.36. The summed E-state index contributed by atoms with van der Waals surface area (Å²) in [5.41, 5.74) is 1.48. The molecule has 54 valence electrons. The number of nitrogens with one attached hydrogen (secondary N) is 1. The predicted octanol–water partition coefficient (Wildman–Crippen LogP) is -1.37. The molecule has 0 aliphatic carbocycles. The van der Waals surface area contributed by atoms with Crippen LogP contribution in [0.4, 0.5) is 0 Å². The van der Waals surface area contributed by atoms with Crippen LogP contribution in [0, 0.1) is 0 Å². The Labute approximate surface area is 92.3 Å². The minimum absolute atomic E-state index is 0. The Morgan fingerprint density at radius 2 is 2.00 bits per heavy atom. The van der Waals surface area contributed by atoms with Crippen LogP contribution in [-0.2, 0) is 4.79 Å². The third-order valence-corrected chi connectivity index (χ3v) is 1.64. The first-order valence-corrected chi connectivity index (χ1v) is 3.36. The summed E-state index contributed by atoms with van der Waals surface area (Å²) >= 11 is 0. The summed E-state index contributed by atoms with van der Waals surface area (Å²) in [5.74, 6) is 0. The van der Waals surface area contributed by atoms with Gasteiger partial charge in [0.15, 0.2) is 0 Å². The van der Waals surface area contributed by atoms with Crippen molar-refractivity contribution in [1.82, 2.24) is 4.98 Å². The molecule has 0 fully saturated rings. The molecule has 1 aromatic heterocycles. The van der Waals surface area contributed by atoms with Crippen molar-refractivity contribution in [3.63, 3.8) is 0 Å². The minimum Gasteiger partial charge on any atom is -0.417 e. The smallest absolute Gasteiger partial charge is 0.417 e. The summed E-state index contributed by atoms with van der Waals surface area (Å²) in [6.07, 6.45) is 1.81. The molecule has 12 heavy (non-hydrogen) atoms. The number of hydrogen-bond donors (Lipinski definition) is 1. The van der Waals surface area contributed by atoms with E-state index in [4.69, 9.17) is 0 Å². The summed E-state index contributed by atoms with van der Waals surface area (Å²) in [5, 5.41) is 1.05. The Bertz CT molecular complexity index is 361. The SMILES string of the molecule is O=[C-]c1cc2ccccc2[nH]1.[Na+]. The van der Waals surface area contributed by atoms with Gasteiger partial charge in [-0.2, -0.15) is 6.07 Å². The molecule has 0 spiro atoms. The monoisotopic (exact) mass is 167 g/mol. The van der Waals surface area contributed by atoms with Crippen LogP contribution in [0.1, 0.15) is 5.69 Å². The topological polar surface area (TPSA) is 32.9 Å². The first kappa shape index (κ1) is 9.52. The molecule has 0 aliphatic rings. The van der Waals surface area contributed by atoms with Crippen LogP contribution in [0.5, 0.6) is 0 Å². The van der Waals surface area contributed by atoms with E-state index in [2.05, 4.69) is 4.98 Å². The maximum Gasteiger partial charge on any atom is 1.00 e. The van der Waals surface area contributed by atoms with E-state index in [1.807, 2.05) is 30.6 Å². The first-order chi connectivity index (χ1) is 5.40. The maximum atomic E-state index is 10.2. The number of H-pyrrole nitrogens is 1. The molecule has 0 aliphatic heterocycles. The molecular weight excluding hydrogens is 161 g/mol. The molecule has 1 aromatic carbocycles. The fraction of sp³-hybridized carbons (Fsp3) is 0. The fourth-order valence-electron chi connectivity index (χ4n) is 1.13. The van der Waals surface area contributed by atoms with E-state index < -0.39 is 0 Å². The van der Waals surface area contributed by atoms with Crippen LogP contribution >= 0.6 is 0 Å². The summed E-state index contributed by atoms with van der Waals surface area (Å²) in [6, 6.07) is 9.52. The summed E-state index contributed by atoms with van der Waals surface area (Å²) < 4.78 is 0. The molecule has 0 bridgehead atoms. The molecule has 1 heterocycles. The molecule has 0 atom stereocenters. The molecule has 0 radical (unpaired) electrons. The Morgan fingerprint density at radius 1 is 1.25 bits per heavy atom. The van der Waals surface area contributed by atoms with Gasteiger partial charge in [-0.3, -0.25) is 0 Å². The Morgan fingerprint density at radius 3 is 2.67 bits per heavy atom. The molecule has 0 unspecified atom stereocenters. The van der Waals surface area contributed by atoms with E-state index in [-0.39, 0.29) is 29.6 Å². The van der Waals surface area contributed by atoms with Crippen molar-refractivity contribution in [2.45, 2.75) is 0 Å². The van der Waals surface area contributed by atoms with Gasteiger partial charge >= 0.3 is 29.6 Å². The van der Waals surface area contributed by atoms with Gasteiger partial charge in [0.05, 0.1) is 0 Å². The zero-order valence-corrected chi connectivity index (χ0v) is 8.79. The molecule has 0 saturated heterocycles. The van der Waals surface area contributed by atoms with Crippen molar-refractivity contribution >= 4 is 17.2 Å². The van der Waals surface area contributed by atoms with Crippen LogP contribution in [0.15, 0.2) is 30.3 Å². The largest absolute Gasteiger partial charge is 1.00 e. The Hall–Kier alpha value is -0.570. The van der Waals surface area contributed by atoms with E-state index >= 15 is 0 Å². The van der Waals surface area contributed by atoms with Crippen LogP contribution < -0.4 is 29.6 Å². The zero-order chi connectivity index (χ0) is 7.68. The fourth-order valence-corrected chi connectivity index (χ4v) is 1.13. The molecule has 1 N–H and O–H groups in total. The second-order valence-corrected chi connectivity index (χ2v) is 2.37. The molecule has 3 heteroatoms. The minimum atomic E-state index is 0. The number of carbonyl (C=O) groups excluding carboxylic acids is 1. The number of benzene rings is 1. The Kier molecular flexibility index (Phi) is 3.09. The van der Waals surface area contributed by atoms with Crippen molar-refractivity contribution in [2.24, 2.45) is 0 Å². The third-order valence-electron chi connectivity index (χ3n) is 1.64. The van der Waals surface area contributed by atoms with Gasteiger partial charge < -0.3 is 9.78 Å². The molecule has 0 saturated carbocycles. The van der Waals surface area contributed by atoms with E-state index in [0.717, 1.165) is 10.9 Å². The van der Waals surface area contributed by atoms with Gasteiger partial charge in [0.2, 0.25) is 0 Å².